The zero-order valence-corrected chi connectivity index (χ0v) is 21.3. The van der Waals surface area contributed by atoms with Crippen molar-refractivity contribution >= 4 is 22.8 Å². The third kappa shape index (κ3) is 6.56. The van der Waals surface area contributed by atoms with Crippen molar-refractivity contribution in [3.05, 3.63) is 66.0 Å². The van der Waals surface area contributed by atoms with Gasteiger partial charge >= 0.3 is 0 Å². The minimum atomic E-state index is -0.766. The number of nitrogens with one attached hydrogen (secondary N) is 1. The first-order valence-electron chi connectivity index (χ1n) is 13.0. The van der Waals surface area contributed by atoms with Crippen LogP contribution in [0.4, 0.5) is 0 Å². The van der Waals surface area contributed by atoms with Gasteiger partial charge < -0.3 is 10.2 Å². The Balaban J connectivity index is 1.62. The van der Waals surface area contributed by atoms with Crippen molar-refractivity contribution in [2.75, 3.05) is 13.1 Å². The molecule has 0 aliphatic heterocycles. The van der Waals surface area contributed by atoms with E-state index in [1.54, 1.807) is 28.0 Å². The zero-order valence-electron chi connectivity index (χ0n) is 21.3. The van der Waals surface area contributed by atoms with Crippen LogP contribution in [0, 0.1) is 5.92 Å². The summed E-state index contributed by atoms with van der Waals surface area (Å²) < 4.78 is 1.61. The lowest BCUT2D eigenvalue weighted by Crippen LogP contribution is -2.46. The summed E-state index contributed by atoms with van der Waals surface area (Å²) in [6.45, 7) is 5.28. The number of allylic oxidation sites excluding steroid dienone is 1. The van der Waals surface area contributed by atoms with E-state index in [0.717, 1.165) is 36.7 Å². The van der Waals surface area contributed by atoms with E-state index in [9.17, 15) is 9.59 Å². The Kier molecular flexibility index (Phi) is 8.81. The number of fused-ring (bicyclic) bond motifs is 1. The highest BCUT2D eigenvalue weighted by atomic mass is 16.2. The molecular formula is C28H36N6O2. The summed E-state index contributed by atoms with van der Waals surface area (Å²) in [6, 6.07) is 10.5. The maximum atomic E-state index is 13.8. The monoisotopic (exact) mass is 488 g/mol. The van der Waals surface area contributed by atoms with Gasteiger partial charge in [-0.2, -0.15) is 0 Å². The minimum absolute atomic E-state index is 0.00952. The van der Waals surface area contributed by atoms with Crippen molar-refractivity contribution in [2.45, 2.75) is 65.0 Å². The Morgan fingerprint density at radius 2 is 2.00 bits per heavy atom. The predicted molar refractivity (Wildman–Crippen MR) is 140 cm³/mol. The topological polar surface area (TPSA) is 93.0 Å². The molecule has 8 nitrogen and oxygen atoms in total. The van der Waals surface area contributed by atoms with Crippen molar-refractivity contribution in [3.8, 4) is 0 Å². The van der Waals surface area contributed by atoms with Gasteiger partial charge in [0.2, 0.25) is 11.8 Å². The third-order valence-corrected chi connectivity index (χ3v) is 6.67. The number of carbonyl (C=O) groups excluding carboxylic acids is 2. The highest BCUT2D eigenvalue weighted by Crippen LogP contribution is 2.26. The molecule has 4 rings (SSSR count). The molecule has 0 fully saturated rings. The van der Waals surface area contributed by atoms with Gasteiger partial charge in [-0.3, -0.25) is 14.6 Å². The first kappa shape index (κ1) is 25.5. The fourth-order valence-electron chi connectivity index (χ4n) is 4.64. The average molecular weight is 489 g/mol. The van der Waals surface area contributed by atoms with E-state index in [0.29, 0.717) is 24.6 Å². The van der Waals surface area contributed by atoms with E-state index in [4.69, 9.17) is 0 Å². The van der Waals surface area contributed by atoms with Crippen molar-refractivity contribution in [1.82, 2.24) is 30.2 Å². The molecule has 1 N–H and O–H groups in total. The van der Waals surface area contributed by atoms with E-state index < -0.39 is 6.04 Å². The number of benzene rings is 1. The van der Waals surface area contributed by atoms with Crippen LogP contribution in [0.25, 0.3) is 11.0 Å². The highest BCUT2D eigenvalue weighted by Gasteiger charge is 2.32. The first-order valence-corrected chi connectivity index (χ1v) is 13.0. The lowest BCUT2D eigenvalue weighted by atomic mass is 9.96. The first-order chi connectivity index (χ1) is 17.5. The molecule has 2 heterocycles. The van der Waals surface area contributed by atoms with Gasteiger partial charge in [0.05, 0.1) is 5.52 Å². The summed E-state index contributed by atoms with van der Waals surface area (Å²) >= 11 is 0. The van der Waals surface area contributed by atoms with Crippen LogP contribution in [0.1, 0.15) is 64.0 Å². The standard InChI is InChI=1S/C28H36N6O2/c1-21(2)14-17-30-28(36)27(23-11-8-16-29-19-23)33(18-15-22-9-4-3-5-10-22)26(35)20-34-25-13-7-6-12-24(25)31-32-34/h6-9,11-13,16,19,21,27H,3-5,10,14-15,17-18,20H2,1-2H3,(H,30,36). The number of aromatic nitrogens is 4. The van der Waals surface area contributed by atoms with E-state index in [1.807, 2.05) is 30.3 Å². The molecule has 0 saturated heterocycles. The van der Waals surface area contributed by atoms with Crippen LogP contribution < -0.4 is 5.32 Å². The molecule has 0 radical (unpaired) electrons. The van der Waals surface area contributed by atoms with Crippen molar-refractivity contribution in [1.29, 1.82) is 0 Å². The van der Waals surface area contributed by atoms with Gasteiger partial charge in [0, 0.05) is 31.0 Å². The number of pyridine rings is 1. The number of hydrogen-bond donors (Lipinski definition) is 1. The SMILES string of the molecule is CC(C)CCNC(=O)C(c1cccnc1)N(CCC1=CCCCC1)C(=O)Cn1nnc2ccccc21. The van der Waals surface area contributed by atoms with Gasteiger partial charge in [-0.1, -0.05) is 48.9 Å². The van der Waals surface area contributed by atoms with Crippen LogP contribution in [-0.4, -0.2) is 49.8 Å². The quantitative estimate of drug-likeness (QED) is 0.403. The minimum Gasteiger partial charge on any atom is -0.354 e. The largest absolute Gasteiger partial charge is 0.354 e. The number of hydrogen-bond acceptors (Lipinski definition) is 5. The van der Waals surface area contributed by atoms with Gasteiger partial charge in [0.15, 0.2) is 0 Å². The molecule has 190 valence electrons. The molecule has 3 aromatic rings. The molecule has 1 atom stereocenters. The summed E-state index contributed by atoms with van der Waals surface area (Å²) in [5, 5.41) is 11.5. The Hall–Kier alpha value is -3.55. The molecule has 0 spiro atoms. The van der Waals surface area contributed by atoms with Gasteiger partial charge in [0.25, 0.3) is 0 Å². The zero-order chi connectivity index (χ0) is 25.3. The summed E-state index contributed by atoms with van der Waals surface area (Å²) in [5.74, 6) is 0.117. The number of para-hydroxylation sites is 1. The highest BCUT2D eigenvalue weighted by molar-refractivity contribution is 5.89. The Labute approximate surface area is 212 Å². The maximum Gasteiger partial charge on any atom is 0.247 e. The maximum absolute atomic E-state index is 13.8. The second-order valence-electron chi connectivity index (χ2n) is 9.84. The molecule has 1 aliphatic carbocycles. The molecule has 1 unspecified atom stereocenters. The Morgan fingerprint density at radius 1 is 1.14 bits per heavy atom. The van der Waals surface area contributed by atoms with Gasteiger partial charge in [-0.15, -0.1) is 5.10 Å². The number of rotatable bonds is 11. The van der Waals surface area contributed by atoms with Crippen molar-refractivity contribution < 1.29 is 9.59 Å². The van der Waals surface area contributed by atoms with E-state index >= 15 is 0 Å². The third-order valence-electron chi connectivity index (χ3n) is 6.67. The summed E-state index contributed by atoms with van der Waals surface area (Å²) in [4.78, 5) is 33.4. The molecule has 36 heavy (non-hydrogen) atoms. The summed E-state index contributed by atoms with van der Waals surface area (Å²) in [7, 11) is 0. The molecule has 1 aliphatic rings. The molecule has 2 aromatic heterocycles. The van der Waals surface area contributed by atoms with Crippen molar-refractivity contribution in [2.24, 2.45) is 5.92 Å². The van der Waals surface area contributed by atoms with Crippen LogP contribution in [0.2, 0.25) is 0 Å². The fourth-order valence-corrected chi connectivity index (χ4v) is 4.64. The summed E-state index contributed by atoms with van der Waals surface area (Å²) in [5.41, 5.74) is 3.59. The van der Waals surface area contributed by atoms with Crippen LogP contribution in [0.3, 0.4) is 0 Å². The van der Waals surface area contributed by atoms with E-state index in [2.05, 4.69) is 40.5 Å². The number of carbonyl (C=O) groups is 2. The lowest BCUT2D eigenvalue weighted by molar-refractivity contribution is -0.141. The Bertz CT molecular complexity index is 1190. The molecular weight excluding hydrogens is 452 g/mol. The second-order valence-corrected chi connectivity index (χ2v) is 9.84. The van der Waals surface area contributed by atoms with E-state index in [-0.39, 0.29) is 18.4 Å². The van der Waals surface area contributed by atoms with E-state index in [1.165, 1.54) is 18.4 Å². The average Bonchev–Trinajstić information content (AvgIpc) is 3.30. The summed E-state index contributed by atoms with van der Waals surface area (Å²) in [6.07, 6.45) is 11.8. The number of amides is 2. The number of nitrogens with zero attached hydrogens (tertiary/aromatic N) is 5. The second kappa shape index (κ2) is 12.4. The fraction of sp³-hybridized carbons (Fsp3) is 0.464. The van der Waals surface area contributed by atoms with Gasteiger partial charge in [-0.25, -0.2) is 4.68 Å². The Morgan fingerprint density at radius 3 is 2.75 bits per heavy atom. The van der Waals surface area contributed by atoms with Crippen LogP contribution >= 0.6 is 0 Å². The molecule has 0 saturated carbocycles. The van der Waals surface area contributed by atoms with Crippen LogP contribution in [0.5, 0.6) is 0 Å². The smallest absolute Gasteiger partial charge is 0.247 e. The predicted octanol–water partition coefficient (Wildman–Crippen LogP) is 4.45. The lowest BCUT2D eigenvalue weighted by Gasteiger charge is -2.32. The molecule has 0 bridgehead atoms. The molecule has 1 aromatic carbocycles. The van der Waals surface area contributed by atoms with Crippen LogP contribution in [-0.2, 0) is 16.1 Å². The molecule has 8 heteroatoms. The van der Waals surface area contributed by atoms with Crippen LogP contribution in [0.15, 0.2) is 60.4 Å². The normalized spacial score (nSPS) is 14.5. The van der Waals surface area contributed by atoms with Gasteiger partial charge in [0.1, 0.15) is 18.1 Å². The molecule has 2 amide bonds. The van der Waals surface area contributed by atoms with Gasteiger partial charge in [-0.05, 0) is 62.6 Å². The van der Waals surface area contributed by atoms with Crippen molar-refractivity contribution in [3.63, 3.8) is 0 Å².